The Bertz CT molecular complexity index is 879. The first kappa shape index (κ1) is 14.0. The van der Waals surface area contributed by atoms with Crippen molar-refractivity contribution in [1.29, 1.82) is 0 Å². The summed E-state index contributed by atoms with van der Waals surface area (Å²) in [5, 5.41) is 0. The van der Waals surface area contributed by atoms with Crippen molar-refractivity contribution in [2.75, 3.05) is 0 Å². The Balaban J connectivity index is 2.13. The van der Waals surface area contributed by atoms with Gasteiger partial charge in [-0.3, -0.25) is 14.2 Å². The molecule has 22 heavy (non-hydrogen) atoms. The summed E-state index contributed by atoms with van der Waals surface area (Å²) in [4.78, 5) is 23.7. The van der Waals surface area contributed by atoms with Crippen LogP contribution >= 0.6 is 0 Å². The second kappa shape index (κ2) is 5.82. The fourth-order valence-corrected chi connectivity index (χ4v) is 2.36. The highest BCUT2D eigenvalue weighted by Crippen LogP contribution is 2.19. The number of hydrogen-bond donors (Lipinski definition) is 0. The number of carbonyl (C=O) groups excluding carboxylic acids is 1. The standard InChI is InChI=1S/C19H15NO2/c1-14(21)16-8-5-9-18(12-16)20-13-17(10-11-19(20)22)15-6-3-2-4-7-15/h2-13H,1H3. The van der Waals surface area contributed by atoms with Gasteiger partial charge in [0, 0.05) is 23.5 Å². The first-order chi connectivity index (χ1) is 10.6. The smallest absolute Gasteiger partial charge is 0.255 e. The minimum Gasteiger partial charge on any atom is -0.295 e. The molecule has 0 fully saturated rings. The minimum absolute atomic E-state index is 0.0193. The molecule has 0 atom stereocenters. The molecule has 3 nitrogen and oxygen atoms in total. The highest BCUT2D eigenvalue weighted by molar-refractivity contribution is 5.94. The SMILES string of the molecule is CC(=O)c1cccc(-n2cc(-c3ccccc3)ccc2=O)c1. The van der Waals surface area contributed by atoms with E-state index in [1.165, 1.54) is 6.92 Å². The van der Waals surface area contributed by atoms with E-state index >= 15 is 0 Å². The quantitative estimate of drug-likeness (QED) is 0.689. The molecule has 0 N–H and O–H groups in total. The molecular formula is C19H15NO2. The summed E-state index contributed by atoms with van der Waals surface area (Å²) < 4.78 is 1.56. The average Bonchev–Trinajstić information content (AvgIpc) is 2.56. The van der Waals surface area contributed by atoms with Crippen molar-refractivity contribution in [3.05, 3.63) is 88.8 Å². The van der Waals surface area contributed by atoms with Gasteiger partial charge in [0.1, 0.15) is 0 Å². The van der Waals surface area contributed by atoms with Gasteiger partial charge in [-0.05, 0) is 36.2 Å². The summed E-state index contributed by atoms with van der Waals surface area (Å²) in [6, 6.07) is 20.3. The Labute approximate surface area is 128 Å². The molecular weight excluding hydrogens is 274 g/mol. The normalized spacial score (nSPS) is 10.4. The van der Waals surface area contributed by atoms with E-state index in [2.05, 4.69) is 0 Å². The van der Waals surface area contributed by atoms with Crippen LogP contribution < -0.4 is 5.56 Å². The second-order valence-corrected chi connectivity index (χ2v) is 5.10. The van der Waals surface area contributed by atoms with E-state index in [-0.39, 0.29) is 11.3 Å². The van der Waals surface area contributed by atoms with E-state index in [1.54, 1.807) is 35.0 Å². The highest BCUT2D eigenvalue weighted by atomic mass is 16.1. The maximum atomic E-state index is 12.2. The van der Waals surface area contributed by atoms with E-state index in [9.17, 15) is 9.59 Å². The van der Waals surface area contributed by atoms with Gasteiger partial charge in [0.2, 0.25) is 0 Å². The van der Waals surface area contributed by atoms with Gasteiger partial charge >= 0.3 is 0 Å². The molecule has 0 aliphatic rings. The van der Waals surface area contributed by atoms with Gasteiger partial charge in [0.05, 0.1) is 0 Å². The van der Waals surface area contributed by atoms with Crippen LogP contribution in [0.2, 0.25) is 0 Å². The zero-order valence-corrected chi connectivity index (χ0v) is 12.2. The van der Waals surface area contributed by atoms with Crippen LogP contribution in [0.5, 0.6) is 0 Å². The van der Waals surface area contributed by atoms with Crippen LogP contribution in [0.15, 0.2) is 77.7 Å². The van der Waals surface area contributed by atoms with Gasteiger partial charge in [-0.1, -0.05) is 42.5 Å². The lowest BCUT2D eigenvalue weighted by Crippen LogP contribution is -2.16. The summed E-state index contributed by atoms with van der Waals surface area (Å²) in [6.45, 7) is 1.52. The van der Waals surface area contributed by atoms with Gasteiger partial charge in [0.15, 0.2) is 5.78 Å². The van der Waals surface area contributed by atoms with Crippen LogP contribution in [-0.4, -0.2) is 10.4 Å². The van der Waals surface area contributed by atoms with E-state index < -0.39 is 0 Å². The average molecular weight is 289 g/mol. The van der Waals surface area contributed by atoms with Gasteiger partial charge in [-0.15, -0.1) is 0 Å². The largest absolute Gasteiger partial charge is 0.295 e. The molecule has 0 aliphatic heterocycles. The number of rotatable bonds is 3. The van der Waals surface area contributed by atoms with Crippen molar-refractivity contribution in [3.63, 3.8) is 0 Å². The third-order valence-electron chi connectivity index (χ3n) is 3.55. The van der Waals surface area contributed by atoms with E-state index in [1.807, 2.05) is 42.5 Å². The Morgan fingerprint density at radius 1 is 0.864 bits per heavy atom. The summed E-state index contributed by atoms with van der Waals surface area (Å²) >= 11 is 0. The molecule has 1 aromatic heterocycles. The summed E-state index contributed by atoms with van der Waals surface area (Å²) in [6.07, 6.45) is 1.80. The predicted octanol–water partition coefficient (Wildman–Crippen LogP) is 3.71. The van der Waals surface area contributed by atoms with Crippen molar-refractivity contribution in [2.45, 2.75) is 6.92 Å². The Morgan fingerprint density at radius 2 is 1.64 bits per heavy atom. The van der Waals surface area contributed by atoms with Crippen LogP contribution in [0.4, 0.5) is 0 Å². The number of ketones is 1. The van der Waals surface area contributed by atoms with Gasteiger partial charge < -0.3 is 0 Å². The fourth-order valence-electron chi connectivity index (χ4n) is 2.36. The number of carbonyl (C=O) groups is 1. The highest BCUT2D eigenvalue weighted by Gasteiger charge is 2.06. The Morgan fingerprint density at radius 3 is 2.36 bits per heavy atom. The maximum absolute atomic E-state index is 12.2. The van der Waals surface area contributed by atoms with Crippen molar-refractivity contribution >= 4 is 5.78 Å². The zero-order chi connectivity index (χ0) is 15.5. The molecule has 0 unspecified atom stereocenters. The molecule has 0 radical (unpaired) electrons. The molecule has 108 valence electrons. The lowest BCUT2D eigenvalue weighted by Gasteiger charge is -2.09. The van der Waals surface area contributed by atoms with Gasteiger partial charge in [0.25, 0.3) is 5.56 Å². The lowest BCUT2D eigenvalue weighted by molar-refractivity contribution is 0.101. The molecule has 0 saturated carbocycles. The topological polar surface area (TPSA) is 39.1 Å². The first-order valence-corrected chi connectivity index (χ1v) is 7.05. The van der Waals surface area contributed by atoms with Crippen LogP contribution in [0.3, 0.4) is 0 Å². The van der Waals surface area contributed by atoms with Crippen LogP contribution in [0.25, 0.3) is 16.8 Å². The van der Waals surface area contributed by atoms with Crippen molar-refractivity contribution in [1.82, 2.24) is 4.57 Å². The number of nitrogens with zero attached hydrogens (tertiary/aromatic N) is 1. The third kappa shape index (κ3) is 2.74. The molecule has 2 aromatic carbocycles. The summed E-state index contributed by atoms with van der Waals surface area (Å²) in [7, 11) is 0. The summed E-state index contributed by atoms with van der Waals surface area (Å²) in [5.74, 6) is -0.0193. The van der Waals surface area contributed by atoms with Crippen molar-refractivity contribution in [2.24, 2.45) is 0 Å². The number of pyridine rings is 1. The number of Topliss-reactive ketones (excluding diaryl/α,β-unsaturated/α-hetero) is 1. The molecule has 0 amide bonds. The van der Waals surface area contributed by atoms with Gasteiger partial charge in [-0.25, -0.2) is 0 Å². The monoisotopic (exact) mass is 289 g/mol. The Hall–Kier alpha value is -2.94. The molecule has 1 heterocycles. The Kier molecular flexibility index (Phi) is 3.71. The molecule has 0 bridgehead atoms. The number of benzene rings is 2. The molecule has 3 heteroatoms. The second-order valence-electron chi connectivity index (χ2n) is 5.10. The fraction of sp³-hybridized carbons (Fsp3) is 0.0526. The van der Waals surface area contributed by atoms with Crippen molar-refractivity contribution < 1.29 is 4.79 Å². The summed E-state index contributed by atoms with van der Waals surface area (Å²) in [5.41, 5.74) is 3.15. The maximum Gasteiger partial charge on any atom is 0.255 e. The molecule has 3 aromatic rings. The number of aromatic nitrogens is 1. The van der Waals surface area contributed by atoms with Crippen LogP contribution in [-0.2, 0) is 0 Å². The predicted molar refractivity (Wildman–Crippen MR) is 87.5 cm³/mol. The van der Waals surface area contributed by atoms with E-state index in [0.29, 0.717) is 11.3 Å². The minimum atomic E-state index is -0.125. The lowest BCUT2D eigenvalue weighted by atomic mass is 10.1. The van der Waals surface area contributed by atoms with Crippen LogP contribution in [0.1, 0.15) is 17.3 Å². The van der Waals surface area contributed by atoms with Gasteiger partial charge in [-0.2, -0.15) is 0 Å². The van der Waals surface area contributed by atoms with Crippen LogP contribution in [0, 0.1) is 0 Å². The van der Waals surface area contributed by atoms with Crippen molar-refractivity contribution in [3.8, 4) is 16.8 Å². The van der Waals surface area contributed by atoms with E-state index in [4.69, 9.17) is 0 Å². The number of hydrogen-bond acceptors (Lipinski definition) is 2. The molecule has 0 saturated heterocycles. The first-order valence-electron chi connectivity index (χ1n) is 7.05. The molecule has 0 aliphatic carbocycles. The molecule has 3 rings (SSSR count). The van der Waals surface area contributed by atoms with E-state index in [0.717, 1.165) is 11.1 Å². The molecule has 0 spiro atoms. The zero-order valence-electron chi connectivity index (χ0n) is 12.2. The third-order valence-corrected chi connectivity index (χ3v) is 3.55.